The standard InChI is InChI=1S/C17H11ClN2O5/c1-10(9-19)25-17(22)13-5-3-2-4-12(13)16(21)11-6-7-14(18)15(8-11)20(23)24/h2-8,10H,1H3/t10-/m0/s1. The van der Waals surface area contributed by atoms with E-state index in [4.69, 9.17) is 21.6 Å². The molecular formula is C17H11ClN2O5. The van der Waals surface area contributed by atoms with Crippen LogP contribution < -0.4 is 0 Å². The van der Waals surface area contributed by atoms with Crippen LogP contribution in [0, 0.1) is 21.4 Å². The van der Waals surface area contributed by atoms with Crippen molar-refractivity contribution in [2.75, 3.05) is 0 Å². The first-order valence-electron chi connectivity index (χ1n) is 7.03. The number of ketones is 1. The first kappa shape index (κ1) is 18.1. The molecule has 0 fully saturated rings. The zero-order valence-electron chi connectivity index (χ0n) is 12.9. The molecule has 2 rings (SSSR count). The molecule has 0 N–H and O–H groups in total. The molecule has 0 heterocycles. The molecule has 2 aromatic rings. The second-order valence-corrected chi connectivity index (χ2v) is 5.38. The van der Waals surface area contributed by atoms with Crippen molar-refractivity contribution in [2.45, 2.75) is 13.0 Å². The van der Waals surface area contributed by atoms with Crippen LogP contribution in [0.2, 0.25) is 5.02 Å². The third-order valence-electron chi connectivity index (χ3n) is 3.26. The number of carbonyl (C=O) groups excluding carboxylic acids is 2. The van der Waals surface area contributed by atoms with E-state index in [1.165, 1.54) is 37.3 Å². The molecular weight excluding hydrogens is 348 g/mol. The highest BCUT2D eigenvalue weighted by molar-refractivity contribution is 6.33. The Morgan fingerprint density at radius 1 is 1.24 bits per heavy atom. The number of nitro groups is 1. The Hall–Kier alpha value is -3.24. The van der Waals surface area contributed by atoms with Gasteiger partial charge in [0.25, 0.3) is 5.69 Å². The highest BCUT2D eigenvalue weighted by Gasteiger charge is 2.23. The lowest BCUT2D eigenvalue weighted by molar-refractivity contribution is -0.384. The molecule has 0 aromatic heterocycles. The van der Waals surface area contributed by atoms with Gasteiger partial charge in [0.2, 0.25) is 0 Å². The summed E-state index contributed by atoms with van der Waals surface area (Å²) in [4.78, 5) is 35.1. The summed E-state index contributed by atoms with van der Waals surface area (Å²) >= 11 is 5.74. The van der Waals surface area contributed by atoms with Crippen molar-refractivity contribution < 1.29 is 19.2 Å². The van der Waals surface area contributed by atoms with Crippen LogP contribution >= 0.6 is 11.6 Å². The fourth-order valence-corrected chi connectivity index (χ4v) is 2.25. The maximum absolute atomic E-state index is 12.7. The monoisotopic (exact) mass is 358 g/mol. The number of rotatable bonds is 5. The summed E-state index contributed by atoms with van der Waals surface area (Å²) in [7, 11) is 0. The first-order valence-corrected chi connectivity index (χ1v) is 7.41. The van der Waals surface area contributed by atoms with E-state index >= 15 is 0 Å². The molecule has 0 bridgehead atoms. The van der Waals surface area contributed by atoms with Gasteiger partial charge < -0.3 is 4.74 Å². The van der Waals surface area contributed by atoms with Crippen LogP contribution in [-0.2, 0) is 4.74 Å². The molecule has 126 valence electrons. The van der Waals surface area contributed by atoms with E-state index in [0.29, 0.717) is 0 Å². The molecule has 0 saturated carbocycles. The Kier molecular flexibility index (Phi) is 5.47. The fourth-order valence-electron chi connectivity index (χ4n) is 2.06. The van der Waals surface area contributed by atoms with Gasteiger partial charge in [0.1, 0.15) is 11.1 Å². The van der Waals surface area contributed by atoms with Crippen LogP contribution in [0.1, 0.15) is 33.2 Å². The van der Waals surface area contributed by atoms with Crippen LogP contribution in [0.5, 0.6) is 0 Å². The number of halogens is 1. The Balaban J connectivity index is 2.44. The topological polar surface area (TPSA) is 110 Å². The Morgan fingerprint density at radius 3 is 2.48 bits per heavy atom. The van der Waals surface area contributed by atoms with Crippen LogP contribution in [-0.4, -0.2) is 22.8 Å². The molecule has 0 saturated heterocycles. The molecule has 0 aliphatic carbocycles. The van der Waals surface area contributed by atoms with Gasteiger partial charge in [0, 0.05) is 17.2 Å². The Labute approximate surface area is 147 Å². The number of nitro benzene ring substituents is 1. The molecule has 0 aliphatic rings. The summed E-state index contributed by atoms with van der Waals surface area (Å²) in [5, 5.41) is 19.6. The van der Waals surface area contributed by atoms with Crippen molar-refractivity contribution >= 4 is 29.0 Å². The number of hydrogen-bond donors (Lipinski definition) is 0. The van der Waals surface area contributed by atoms with E-state index in [2.05, 4.69) is 0 Å². The SMILES string of the molecule is C[C@@H](C#N)OC(=O)c1ccccc1C(=O)c1ccc(Cl)c([N+](=O)[O-])c1. The molecule has 2 aromatic carbocycles. The molecule has 8 heteroatoms. The van der Waals surface area contributed by atoms with Gasteiger partial charge in [-0.05, 0) is 25.1 Å². The second kappa shape index (κ2) is 7.55. The lowest BCUT2D eigenvalue weighted by Gasteiger charge is -2.10. The van der Waals surface area contributed by atoms with E-state index in [0.717, 1.165) is 6.07 Å². The maximum atomic E-state index is 12.7. The van der Waals surface area contributed by atoms with Crippen LogP contribution in [0.3, 0.4) is 0 Å². The average molecular weight is 359 g/mol. The van der Waals surface area contributed by atoms with Gasteiger partial charge in [-0.2, -0.15) is 5.26 Å². The number of nitriles is 1. The van der Waals surface area contributed by atoms with Gasteiger partial charge in [0.05, 0.1) is 10.5 Å². The third kappa shape index (κ3) is 4.00. The molecule has 0 unspecified atom stereocenters. The molecule has 0 amide bonds. The van der Waals surface area contributed by atoms with Crippen LogP contribution in [0.25, 0.3) is 0 Å². The number of ether oxygens (including phenoxy) is 1. The van der Waals surface area contributed by atoms with Crippen molar-refractivity contribution in [2.24, 2.45) is 0 Å². The molecule has 7 nitrogen and oxygen atoms in total. The first-order chi connectivity index (χ1) is 11.8. The van der Waals surface area contributed by atoms with E-state index in [9.17, 15) is 19.7 Å². The van der Waals surface area contributed by atoms with Crippen molar-refractivity contribution in [3.8, 4) is 6.07 Å². The van der Waals surface area contributed by atoms with Crippen molar-refractivity contribution in [1.82, 2.24) is 0 Å². The number of nitrogens with zero attached hydrogens (tertiary/aromatic N) is 2. The quantitative estimate of drug-likeness (QED) is 0.350. The average Bonchev–Trinajstić information content (AvgIpc) is 2.61. The molecule has 0 spiro atoms. The van der Waals surface area contributed by atoms with E-state index < -0.39 is 28.5 Å². The number of benzene rings is 2. The predicted molar refractivity (Wildman–Crippen MR) is 88.5 cm³/mol. The van der Waals surface area contributed by atoms with E-state index in [1.807, 2.05) is 0 Å². The summed E-state index contributed by atoms with van der Waals surface area (Å²) < 4.78 is 4.91. The largest absolute Gasteiger partial charge is 0.444 e. The van der Waals surface area contributed by atoms with Crippen molar-refractivity contribution in [3.63, 3.8) is 0 Å². The lowest BCUT2D eigenvalue weighted by Crippen LogP contribution is -2.17. The summed E-state index contributed by atoms with van der Waals surface area (Å²) in [5.74, 6) is -1.43. The van der Waals surface area contributed by atoms with Crippen LogP contribution in [0.15, 0.2) is 42.5 Å². The molecule has 25 heavy (non-hydrogen) atoms. The highest BCUT2D eigenvalue weighted by Crippen LogP contribution is 2.27. The van der Waals surface area contributed by atoms with E-state index in [1.54, 1.807) is 12.1 Å². The van der Waals surface area contributed by atoms with Gasteiger partial charge in [-0.3, -0.25) is 14.9 Å². The normalized spacial score (nSPS) is 11.2. The minimum Gasteiger partial charge on any atom is -0.444 e. The highest BCUT2D eigenvalue weighted by atomic mass is 35.5. The van der Waals surface area contributed by atoms with Crippen molar-refractivity contribution in [1.29, 1.82) is 5.26 Å². The summed E-state index contributed by atoms with van der Waals surface area (Å²) in [6.45, 7) is 1.39. The molecule has 0 radical (unpaired) electrons. The van der Waals surface area contributed by atoms with Gasteiger partial charge in [-0.1, -0.05) is 29.8 Å². The minimum absolute atomic E-state index is 0.00433. The summed E-state index contributed by atoms with van der Waals surface area (Å²) in [6, 6.07) is 11.2. The van der Waals surface area contributed by atoms with Crippen molar-refractivity contribution in [3.05, 3.63) is 74.3 Å². The molecule has 0 aliphatic heterocycles. The second-order valence-electron chi connectivity index (χ2n) is 4.97. The number of esters is 1. The molecule has 1 atom stereocenters. The van der Waals surface area contributed by atoms with Gasteiger partial charge >= 0.3 is 5.97 Å². The lowest BCUT2D eigenvalue weighted by atomic mass is 9.98. The van der Waals surface area contributed by atoms with Gasteiger partial charge in [-0.15, -0.1) is 0 Å². The summed E-state index contributed by atoms with van der Waals surface area (Å²) in [5.41, 5.74) is -0.433. The predicted octanol–water partition coefficient (Wildman–Crippen LogP) is 3.55. The zero-order valence-corrected chi connectivity index (χ0v) is 13.7. The van der Waals surface area contributed by atoms with Crippen LogP contribution in [0.4, 0.5) is 5.69 Å². The van der Waals surface area contributed by atoms with Gasteiger partial charge in [-0.25, -0.2) is 4.79 Å². The zero-order chi connectivity index (χ0) is 18.6. The Bertz CT molecular complexity index is 904. The Morgan fingerprint density at radius 2 is 1.88 bits per heavy atom. The fraction of sp³-hybridized carbons (Fsp3) is 0.118. The summed E-state index contributed by atoms with van der Waals surface area (Å²) in [6.07, 6.45) is -0.979. The smallest absolute Gasteiger partial charge is 0.340 e. The third-order valence-corrected chi connectivity index (χ3v) is 3.58. The van der Waals surface area contributed by atoms with Gasteiger partial charge in [0.15, 0.2) is 11.9 Å². The number of carbonyl (C=O) groups is 2. The van der Waals surface area contributed by atoms with E-state index in [-0.39, 0.29) is 21.7 Å². The maximum Gasteiger partial charge on any atom is 0.340 e. The minimum atomic E-state index is -0.979. The number of hydrogen-bond acceptors (Lipinski definition) is 6.